The van der Waals surface area contributed by atoms with Crippen LogP contribution in [0.15, 0.2) is 12.1 Å². The zero-order valence-electron chi connectivity index (χ0n) is 16.2. The fraction of sp³-hybridized carbons (Fsp3) is 0.650. The Morgan fingerprint density at radius 1 is 1.30 bits per heavy atom. The highest BCUT2D eigenvalue weighted by atomic mass is 35.5. The molecule has 27 heavy (non-hydrogen) atoms. The van der Waals surface area contributed by atoms with Crippen molar-refractivity contribution < 1.29 is 19.0 Å². The molecule has 7 heteroatoms. The van der Waals surface area contributed by atoms with Gasteiger partial charge in [0.1, 0.15) is 0 Å². The van der Waals surface area contributed by atoms with Crippen LogP contribution in [0.5, 0.6) is 11.5 Å². The first kappa shape index (κ1) is 20.2. The molecule has 0 unspecified atom stereocenters. The number of likely N-dealkylation sites (tertiary alicyclic amines) is 1. The second kappa shape index (κ2) is 9.62. The van der Waals surface area contributed by atoms with Crippen LogP contribution in [0.2, 0.25) is 5.02 Å². The Kier molecular flexibility index (Phi) is 7.21. The molecular formula is C20H29ClN2O4. The number of carbonyl (C=O) groups is 1. The molecular weight excluding hydrogens is 368 g/mol. The number of nitrogens with zero attached hydrogens (tertiary/aromatic N) is 2. The normalized spacial score (nSPS) is 20.7. The molecule has 1 amide bonds. The SMILES string of the molecule is CCCOc1c(Cl)cc(C(=O)N2CC[C@@H](CN3CCOCC3)C2)cc1OC. The van der Waals surface area contributed by atoms with Gasteiger partial charge in [-0.15, -0.1) is 0 Å². The summed E-state index contributed by atoms with van der Waals surface area (Å²) in [6.07, 6.45) is 1.91. The molecule has 6 nitrogen and oxygen atoms in total. The van der Waals surface area contributed by atoms with Gasteiger partial charge in [-0.2, -0.15) is 0 Å². The molecule has 2 aliphatic rings. The van der Waals surface area contributed by atoms with Crippen molar-refractivity contribution in [2.24, 2.45) is 5.92 Å². The number of methoxy groups -OCH3 is 1. The molecule has 3 rings (SSSR count). The van der Waals surface area contributed by atoms with Crippen molar-refractivity contribution in [1.82, 2.24) is 9.80 Å². The summed E-state index contributed by atoms with van der Waals surface area (Å²) in [4.78, 5) is 17.3. The summed E-state index contributed by atoms with van der Waals surface area (Å²) in [5, 5.41) is 0.412. The lowest BCUT2D eigenvalue weighted by Gasteiger charge is -2.29. The highest BCUT2D eigenvalue weighted by Gasteiger charge is 2.29. The number of benzene rings is 1. The van der Waals surface area contributed by atoms with Crippen molar-refractivity contribution in [1.29, 1.82) is 0 Å². The maximum absolute atomic E-state index is 13.0. The first-order valence-corrected chi connectivity index (χ1v) is 10.1. The number of rotatable bonds is 7. The molecule has 2 saturated heterocycles. The molecule has 2 aliphatic heterocycles. The molecule has 1 aromatic carbocycles. The third-order valence-corrected chi connectivity index (χ3v) is 5.40. The molecule has 0 aromatic heterocycles. The lowest BCUT2D eigenvalue weighted by Crippen LogP contribution is -2.40. The van der Waals surface area contributed by atoms with E-state index < -0.39 is 0 Å². The predicted octanol–water partition coefficient (Wildman–Crippen LogP) is 2.93. The van der Waals surface area contributed by atoms with E-state index in [-0.39, 0.29) is 5.91 Å². The molecule has 2 fully saturated rings. The van der Waals surface area contributed by atoms with Crippen LogP contribution in [-0.2, 0) is 4.74 Å². The smallest absolute Gasteiger partial charge is 0.254 e. The number of hydrogen-bond acceptors (Lipinski definition) is 5. The third kappa shape index (κ3) is 5.06. The topological polar surface area (TPSA) is 51.2 Å². The van der Waals surface area contributed by atoms with Gasteiger partial charge in [0.25, 0.3) is 5.91 Å². The lowest BCUT2D eigenvalue weighted by atomic mass is 10.1. The van der Waals surface area contributed by atoms with Crippen molar-refractivity contribution in [2.45, 2.75) is 19.8 Å². The van der Waals surface area contributed by atoms with Crippen LogP contribution in [0.3, 0.4) is 0 Å². The third-order valence-electron chi connectivity index (χ3n) is 5.12. The number of morpholine rings is 1. The molecule has 1 atom stereocenters. The van der Waals surface area contributed by atoms with Crippen molar-refractivity contribution in [3.63, 3.8) is 0 Å². The van der Waals surface area contributed by atoms with Gasteiger partial charge in [-0.05, 0) is 30.9 Å². The molecule has 0 N–H and O–H groups in total. The molecule has 0 aliphatic carbocycles. The van der Waals surface area contributed by atoms with Crippen LogP contribution < -0.4 is 9.47 Å². The van der Waals surface area contributed by atoms with Crippen LogP contribution in [-0.4, -0.2) is 75.4 Å². The van der Waals surface area contributed by atoms with Gasteiger partial charge < -0.3 is 19.1 Å². The Balaban J connectivity index is 1.64. The Morgan fingerprint density at radius 2 is 2.07 bits per heavy atom. The van der Waals surface area contributed by atoms with Crippen LogP contribution in [0.25, 0.3) is 0 Å². The summed E-state index contributed by atoms with van der Waals surface area (Å²) in [7, 11) is 1.56. The lowest BCUT2D eigenvalue weighted by molar-refractivity contribution is 0.0310. The Hall–Kier alpha value is -1.50. The van der Waals surface area contributed by atoms with Crippen LogP contribution >= 0.6 is 11.6 Å². The Labute approximate surface area is 166 Å². The number of carbonyl (C=O) groups excluding carboxylic acids is 1. The zero-order valence-corrected chi connectivity index (χ0v) is 17.0. The van der Waals surface area contributed by atoms with Crippen molar-refractivity contribution in [3.8, 4) is 11.5 Å². The summed E-state index contributed by atoms with van der Waals surface area (Å²) in [5.41, 5.74) is 0.549. The van der Waals surface area contributed by atoms with E-state index >= 15 is 0 Å². The standard InChI is InChI=1S/C20H29ClN2O4/c1-3-8-27-19-17(21)11-16(12-18(19)25-2)20(24)23-5-4-15(14-23)13-22-6-9-26-10-7-22/h11-12,15H,3-10,13-14H2,1-2H3/t15-/m0/s1. The number of halogens is 1. The van der Waals surface area contributed by atoms with Crippen LogP contribution in [0, 0.1) is 5.92 Å². The Bertz CT molecular complexity index is 649. The van der Waals surface area contributed by atoms with Gasteiger partial charge >= 0.3 is 0 Å². The van der Waals surface area contributed by atoms with E-state index in [1.54, 1.807) is 19.2 Å². The number of hydrogen-bond donors (Lipinski definition) is 0. The average Bonchev–Trinajstić information content (AvgIpc) is 3.15. The van der Waals surface area contributed by atoms with Crippen molar-refractivity contribution >= 4 is 17.5 Å². The molecule has 1 aromatic rings. The van der Waals surface area contributed by atoms with E-state index in [2.05, 4.69) is 4.90 Å². The first-order valence-electron chi connectivity index (χ1n) is 9.72. The zero-order chi connectivity index (χ0) is 19.2. The highest BCUT2D eigenvalue weighted by Crippen LogP contribution is 2.37. The van der Waals surface area contributed by atoms with E-state index in [1.165, 1.54) is 0 Å². The van der Waals surface area contributed by atoms with Gasteiger partial charge in [-0.25, -0.2) is 0 Å². The average molecular weight is 397 g/mol. The summed E-state index contributed by atoms with van der Waals surface area (Å²) in [6.45, 7) is 8.75. The van der Waals surface area contributed by atoms with Crippen LogP contribution in [0.1, 0.15) is 30.1 Å². The summed E-state index contributed by atoms with van der Waals surface area (Å²) in [6, 6.07) is 3.42. The maximum Gasteiger partial charge on any atom is 0.254 e. The molecule has 0 spiro atoms. The second-order valence-electron chi connectivity index (χ2n) is 7.16. The fourth-order valence-electron chi connectivity index (χ4n) is 3.69. The largest absolute Gasteiger partial charge is 0.493 e. The van der Waals surface area contributed by atoms with Crippen molar-refractivity contribution in [2.75, 3.05) is 59.7 Å². The monoisotopic (exact) mass is 396 g/mol. The summed E-state index contributed by atoms with van der Waals surface area (Å²) >= 11 is 6.36. The fourth-order valence-corrected chi connectivity index (χ4v) is 3.95. The Morgan fingerprint density at radius 3 is 2.78 bits per heavy atom. The molecule has 0 radical (unpaired) electrons. The van der Waals surface area contributed by atoms with E-state index in [0.29, 0.717) is 34.6 Å². The molecule has 150 valence electrons. The van der Waals surface area contributed by atoms with E-state index in [1.807, 2.05) is 11.8 Å². The van der Waals surface area contributed by atoms with Gasteiger partial charge in [-0.1, -0.05) is 18.5 Å². The number of amides is 1. The van der Waals surface area contributed by atoms with Crippen LogP contribution in [0.4, 0.5) is 0 Å². The first-order chi connectivity index (χ1) is 13.1. The summed E-state index contributed by atoms with van der Waals surface area (Å²) < 4.78 is 16.5. The van der Waals surface area contributed by atoms with Gasteiger partial charge in [0.15, 0.2) is 11.5 Å². The summed E-state index contributed by atoms with van der Waals surface area (Å²) in [5.74, 6) is 1.52. The van der Waals surface area contributed by atoms with Crippen molar-refractivity contribution in [3.05, 3.63) is 22.7 Å². The second-order valence-corrected chi connectivity index (χ2v) is 7.56. The van der Waals surface area contributed by atoms with E-state index in [4.69, 9.17) is 25.8 Å². The van der Waals surface area contributed by atoms with Gasteiger partial charge in [0, 0.05) is 38.3 Å². The molecule has 0 bridgehead atoms. The minimum absolute atomic E-state index is 0.00159. The number of ether oxygens (including phenoxy) is 3. The van der Waals surface area contributed by atoms with Gasteiger partial charge in [-0.3, -0.25) is 9.69 Å². The van der Waals surface area contributed by atoms with Gasteiger partial charge in [0.05, 0.1) is 32.0 Å². The highest BCUT2D eigenvalue weighted by molar-refractivity contribution is 6.32. The van der Waals surface area contributed by atoms with Gasteiger partial charge in [0.2, 0.25) is 0 Å². The molecule has 2 heterocycles. The predicted molar refractivity (Wildman–Crippen MR) is 105 cm³/mol. The maximum atomic E-state index is 13.0. The minimum Gasteiger partial charge on any atom is -0.493 e. The minimum atomic E-state index is 0.00159. The van der Waals surface area contributed by atoms with E-state index in [9.17, 15) is 4.79 Å². The quantitative estimate of drug-likeness (QED) is 0.709. The van der Waals surface area contributed by atoms with E-state index in [0.717, 1.165) is 58.8 Å². The molecule has 0 saturated carbocycles.